The van der Waals surface area contributed by atoms with Crippen molar-refractivity contribution in [3.05, 3.63) is 12.2 Å². The lowest BCUT2D eigenvalue weighted by atomic mass is 9.45. The van der Waals surface area contributed by atoms with E-state index in [9.17, 15) is 0 Å². The van der Waals surface area contributed by atoms with Gasteiger partial charge in [-0.25, -0.2) is 5.26 Å². The van der Waals surface area contributed by atoms with Crippen LogP contribution < -0.4 is 11.5 Å². The van der Waals surface area contributed by atoms with Crippen LogP contribution in [-0.4, -0.2) is 36.1 Å². The van der Waals surface area contributed by atoms with Crippen LogP contribution in [0.25, 0.3) is 0 Å². The standard InChI is InChI=1S/C9H15N.C7H14N2.CHN/c1-3-7-5-9(10)4-6(2)8(7)9;8-2-4-9-3-1-6-5-7(6)9;1-2/h7-8H,2-5,10H2,1H3;6-7H,1-5,8H2;1H. The van der Waals surface area contributed by atoms with Crippen molar-refractivity contribution in [1.29, 1.82) is 5.26 Å². The summed E-state index contributed by atoms with van der Waals surface area (Å²) in [5, 5.41) is 6.50. The van der Waals surface area contributed by atoms with Crippen molar-refractivity contribution in [3.8, 4) is 6.57 Å². The maximum atomic E-state index is 6.50. The van der Waals surface area contributed by atoms with Crippen LogP contribution in [0.2, 0.25) is 0 Å². The Morgan fingerprint density at radius 1 is 1.48 bits per heavy atom. The van der Waals surface area contributed by atoms with Crippen LogP contribution in [0.3, 0.4) is 0 Å². The summed E-state index contributed by atoms with van der Waals surface area (Å²) in [5.41, 5.74) is 13.1. The van der Waals surface area contributed by atoms with Crippen molar-refractivity contribution in [1.82, 2.24) is 4.90 Å². The van der Waals surface area contributed by atoms with Gasteiger partial charge in [-0.15, -0.1) is 0 Å². The molecule has 4 nitrogen and oxygen atoms in total. The molecule has 3 saturated carbocycles. The predicted molar refractivity (Wildman–Crippen MR) is 86.4 cm³/mol. The molecule has 0 bridgehead atoms. The topological polar surface area (TPSA) is 79.1 Å². The molecular formula is C17H30N4. The van der Waals surface area contributed by atoms with Gasteiger partial charge in [0.1, 0.15) is 0 Å². The molecule has 0 aromatic heterocycles. The molecule has 3 aliphatic carbocycles. The molecule has 0 spiro atoms. The highest BCUT2D eigenvalue weighted by atomic mass is 15.2. The Kier molecular flexibility index (Phi) is 5.08. The van der Waals surface area contributed by atoms with E-state index in [2.05, 4.69) is 25.0 Å². The van der Waals surface area contributed by atoms with Gasteiger partial charge in [0, 0.05) is 37.2 Å². The third kappa shape index (κ3) is 3.01. The average molecular weight is 290 g/mol. The zero-order valence-electron chi connectivity index (χ0n) is 13.3. The molecule has 0 radical (unpaired) electrons. The number of likely N-dealkylation sites (tertiary alicyclic amines) is 1. The molecule has 118 valence electrons. The molecule has 1 aliphatic heterocycles. The number of piperidine rings is 1. The third-order valence-corrected chi connectivity index (χ3v) is 5.81. The summed E-state index contributed by atoms with van der Waals surface area (Å²) in [6.07, 6.45) is 6.51. The Balaban J connectivity index is 0.000000138. The minimum atomic E-state index is 0.206. The molecule has 5 atom stereocenters. The lowest BCUT2D eigenvalue weighted by Crippen LogP contribution is -2.68. The molecule has 5 unspecified atom stereocenters. The predicted octanol–water partition coefficient (Wildman–Crippen LogP) is 1.87. The first kappa shape index (κ1) is 16.5. The largest absolute Gasteiger partial charge is 0.329 e. The first-order valence-corrected chi connectivity index (χ1v) is 8.25. The van der Waals surface area contributed by atoms with Crippen LogP contribution in [0.5, 0.6) is 0 Å². The van der Waals surface area contributed by atoms with Gasteiger partial charge in [0.25, 0.3) is 0 Å². The van der Waals surface area contributed by atoms with Crippen LogP contribution in [0.15, 0.2) is 12.2 Å². The molecule has 4 aliphatic rings. The maximum absolute atomic E-state index is 6.50. The van der Waals surface area contributed by atoms with Crippen LogP contribution in [0.4, 0.5) is 0 Å². The minimum absolute atomic E-state index is 0.206. The summed E-state index contributed by atoms with van der Waals surface area (Å²) < 4.78 is 0. The summed E-state index contributed by atoms with van der Waals surface area (Å²) in [6.45, 7) is 13.0. The number of rotatable bonds is 3. The van der Waals surface area contributed by atoms with Gasteiger partial charge < -0.3 is 11.5 Å². The molecule has 4 rings (SSSR count). The second kappa shape index (κ2) is 6.48. The molecule has 0 aromatic rings. The molecule has 4 heteroatoms. The van der Waals surface area contributed by atoms with Crippen molar-refractivity contribution in [2.24, 2.45) is 29.2 Å². The number of fused-ring (bicyclic) bond motifs is 2. The fourth-order valence-corrected chi connectivity index (χ4v) is 4.68. The van der Waals surface area contributed by atoms with E-state index in [1.807, 2.05) is 0 Å². The van der Waals surface area contributed by atoms with Crippen LogP contribution in [0, 0.1) is 29.6 Å². The molecule has 1 heterocycles. The van der Waals surface area contributed by atoms with E-state index in [0.717, 1.165) is 37.4 Å². The van der Waals surface area contributed by atoms with Gasteiger partial charge in [-0.3, -0.25) is 4.90 Å². The second-order valence-corrected chi connectivity index (χ2v) is 7.09. The average Bonchev–Trinajstić information content (AvgIpc) is 3.15. The van der Waals surface area contributed by atoms with Crippen LogP contribution in [-0.2, 0) is 0 Å². The SMILES string of the molecule is C#N.C=C1CC2(N)CC(CC)C12.NCCN1CCC2CC21. The van der Waals surface area contributed by atoms with Gasteiger partial charge in [0.05, 0.1) is 0 Å². The Morgan fingerprint density at radius 3 is 2.52 bits per heavy atom. The van der Waals surface area contributed by atoms with E-state index in [4.69, 9.17) is 16.7 Å². The number of hydrogen-bond donors (Lipinski definition) is 2. The zero-order chi connectivity index (χ0) is 15.6. The van der Waals surface area contributed by atoms with E-state index < -0.39 is 0 Å². The van der Waals surface area contributed by atoms with Gasteiger partial charge in [-0.05, 0) is 44.1 Å². The Hall–Kier alpha value is -0.890. The first-order chi connectivity index (χ1) is 10.1. The van der Waals surface area contributed by atoms with E-state index in [-0.39, 0.29) is 5.54 Å². The smallest absolute Gasteiger partial charge is 0.0462 e. The summed E-state index contributed by atoms with van der Waals surface area (Å²) in [6, 6.07) is 0.952. The molecule has 4 N–H and O–H groups in total. The van der Waals surface area contributed by atoms with Crippen molar-refractivity contribution < 1.29 is 0 Å². The number of nitrogens with zero attached hydrogens (tertiary/aromatic N) is 2. The molecule has 4 fully saturated rings. The Labute approximate surface area is 129 Å². The van der Waals surface area contributed by atoms with Gasteiger partial charge in [0.2, 0.25) is 0 Å². The van der Waals surface area contributed by atoms with Crippen molar-refractivity contribution in [2.75, 3.05) is 19.6 Å². The first-order valence-electron chi connectivity index (χ1n) is 8.25. The molecular weight excluding hydrogens is 260 g/mol. The van der Waals surface area contributed by atoms with Crippen molar-refractivity contribution in [3.63, 3.8) is 0 Å². The van der Waals surface area contributed by atoms with Crippen LogP contribution in [0.1, 0.15) is 39.0 Å². The highest BCUT2D eigenvalue weighted by Gasteiger charge is 2.58. The highest BCUT2D eigenvalue weighted by Crippen LogP contribution is 2.59. The number of nitrogens with two attached hydrogens (primary N) is 2. The van der Waals surface area contributed by atoms with Crippen LogP contribution >= 0.6 is 0 Å². The molecule has 0 aromatic carbocycles. The molecule has 0 amide bonds. The summed E-state index contributed by atoms with van der Waals surface area (Å²) in [5.74, 6) is 2.63. The summed E-state index contributed by atoms with van der Waals surface area (Å²) in [7, 11) is 0. The van der Waals surface area contributed by atoms with Gasteiger partial charge in [0.15, 0.2) is 0 Å². The van der Waals surface area contributed by atoms with E-state index >= 15 is 0 Å². The highest BCUT2D eigenvalue weighted by molar-refractivity contribution is 5.32. The maximum Gasteiger partial charge on any atom is 0.0462 e. The monoisotopic (exact) mass is 290 g/mol. The third-order valence-electron chi connectivity index (χ3n) is 5.81. The fraction of sp³-hybridized carbons (Fsp3) is 0.824. The molecule has 21 heavy (non-hydrogen) atoms. The minimum Gasteiger partial charge on any atom is -0.329 e. The fourth-order valence-electron chi connectivity index (χ4n) is 4.68. The molecule has 1 saturated heterocycles. The Morgan fingerprint density at radius 2 is 2.19 bits per heavy atom. The van der Waals surface area contributed by atoms with Crippen molar-refractivity contribution in [2.45, 2.75) is 50.6 Å². The summed E-state index contributed by atoms with van der Waals surface area (Å²) >= 11 is 0. The normalized spacial score (nSPS) is 42.0. The Bertz CT molecular complexity index is 405. The van der Waals surface area contributed by atoms with Crippen molar-refractivity contribution >= 4 is 0 Å². The van der Waals surface area contributed by atoms with Gasteiger partial charge in [-0.1, -0.05) is 25.5 Å². The van der Waals surface area contributed by atoms with E-state index in [0.29, 0.717) is 5.92 Å². The quantitative estimate of drug-likeness (QED) is 0.778. The lowest BCUT2D eigenvalue weighted by Gasteiger charge is -2.62. The number of hydrogen-bond acceptors (Lipinski definition) is 4. The lowest BCUT2D eigenvalue weighted by molar-refractivity contribution is 0.00260. The van der Waals surface area contributed by atoms with Gasteiger partial charge >= 0.3 is 0 Å². The second-order valence-electron chi connectivity index (χ2n) is 7.09. The van der Waals surface area contributed by atoms with Gasteiger partial charge in [-0.2, -0.15) is 0 Å². The van der Waals surface area contributed by atoms with E-state index in [1.165, 1.54) is 37.8 Å². The summed E-state index contributed by atoms with van der Waals surface area (Å²) in [4.78, 5) is 2.53. The van der Waals surface area contributed by atoms with E-state index in [1.54, 1.807) is 0 Å². The number of nitriles is 1. The zero-order valence-corrected chi connectivity index (χ0v) is 13.3.